The molecular weight excluding hydrogens is 406 g/mol. The average Bonchev–Trinajstić information content (AvgIpc) is 3.13. The van der Waals surface area contributed by atoms with Crippen molar-refractivity contribution in [3.05, 3.63) is 0 Å². The summed E-state index contributed by atoms with van der Waals surface area (Å²) in [5, 5.41) is 23.0. The third-order valence-electron chi connectivity index (χ3n) is 4.48. The molecule has 0 spiro atoms. The van der Waals surface area contributed by atoms with Gasteiger partial charge < -0.3 is 37.2 Å². The molecule has 1 saturated heterocycles. The molecule has 29 heavy (non-hydrogen) atoms. The van der Waals surface area contributed by atoms with Crippen LogP contribution in [0.5, 0.6) is 0 Å². The van der Waals surface area contributed by atoms with E-state index >= 15 is 0 Å². The molecule has 0 aromatic carbocycles. The Morgan fingerprint density at radius 3 is 2.31 bits per heavy atom. The van der Waals surface area contributed by atoms with Crippen LogP contribution in [0.15, 0.2) is 0 Å². The number of nitrogens with two attached hydrogens (primary N) is 2. The third-order valence-corrected chi connectivity index (χ3v) is 4.84. The zero-order chi connectivity index (χ0) is 22.3. The van der Waals surface area contributed by atoms with E-state index in [1.807, 2.05) is 0 Å². The van der Waals surface area contributed by atoms with E-state index in [1.165, 1.54) is 11.8 Å². The fourth-order valence-corrected chi connectivity index (χ4v) is 3.08. The van der Waals surface area contributed by atoms with Crippen LogP contribution in [0.2, 0.25) is 0 Å². The highest BCUT2D eigenvalue weighted by atomic mass is 32.1. The Bertz CT molecular complexity index is 660. The molecule has 0 aromatic heterocycles. The number of hydrogen-bond acceptors (Lipinski definition) is 8. The van der Waals surface area contributed by atoms with Gasteiger partial charge >= 0.3 is 5.97 Å². The normalized spacial score (nSPS) is 20.3. The maximum Gasteiger partial charge on any atom is 0.327 e. The van der Waals surface area contributed by atoms with Gasteiger partial charge in [-0.25, -0.2) is 4.79 Å². The maximum atomic E-state index is 12.7. The highest BCUT2D eigenvalue weighted by Gasteiger charge is 2.39. The number of likely N-dealkylation sites (tertiary alicyclic amines) is 1. The fraction of sp³-hybridized carbons (Fsp3) is 0.688. The van der Waals surface area contributed by atoms with Crippen molar-refractivity contribution in [1.82, 2.24) is 15.5 Å². The quantitative estimate of drug-likeness (QED) is 0.172. The molecule has 164 valence electrons. The van der Waals surface area contributed by atoms with Crippen LogP contribution in [0.1, 0.15) is 26.2 Å². The average molecular weight is 433 g/mol. The molecular formula is C16H27N5O7S. The van der Waals surface area contributed by atoms with Gasteiger partial charge in [-0.15, -0.1) is 0 Å². The number of aliphatic carboxylic acids is 1. The van der Waals surface area contributed by atoms with Crippen LogP contribution in [0.3, 0.4) is 0 Å². The van der Waals surface area contributed by atoms with Gasteiger partial charge in [-0.05, 0) is 19.8 Å². The molecule has 1 aliphatic rings. The molecule has 0 radical (unpaired) electrons. The summed E-state index contributed by atoms with van der Waals surface area (Å²) in [7, 11) is 0. The number of thiol groups is 1. The molecule has 5 unspecified atom stereocenters. The largest absolute Gasteiger partial charge is 0.480 e. The standard InChI is InChI=1S/C16H27N5O7S/c1-7(22)12(18)15(26)21-4-2-3-10(21)14(25)19-8(5-11(17)23)13(24)20-9(6-29)16(27)28/h7-10,12,22,29H,2-6,18H2,1H3,(H2,17,23)(H,19,25)(H,20,24)(H,27,28). The predicted molar refractivity (Wildman–Crippen MR) is 104 cm³/mol. The minimum Gasteiger partial charge on any atom is -0.480 e. The van der Waals surface area contributed by atoms with E-state index < -0.39 is 66.3 Å². The Morgan fingerprint density at radius 1 is 1.21 bits per heavy atom. The first-order valence-corrected chi connectivity index (χ1v) is 9.59. The van der Waals surface area contributed by atoms with E-state index in [-0.39, 0.29) is 12.3 Å². The van der Waals surface area contributed by atoms with Gasteiger partial charge in [-0.3, -0.25) is 19.2 Å². The number of amides is 4. The van der Waals surface area contributed by atoms with Gasteiger partial charge in [0.05, 0.1) is 12.5 Å². The molecule has 1 heterocycles. The number of carbonyl (C=O) groups is 5. The zero-order valence-corrected chi connectivity index (χ0v) is 16.8. The summed E-state index contributed by atoms with van der Waals surface area (Å²) < 4.78 is 0. The molecule has 1 aliphatic heterocycles. The molecule has 8 N–H and O–H groups in total. The summed E-state index contributed by atoms with van der Waals surface area (Å²) in [5.41, 5.74) is 10.8. The van der Waals surface area contributed by atoms with Crippen molar-refractivity contribution in [3.8, 4) is 0 Å². The van der Waals surface area contributed by atoms with Crippen molar-refractivity contribution in [2.75, 3.05) is 12.3 Å². The Balaban J connectivity index is 2.91. The van der Waals surface area contributed by atoms with E-state index in [0.717, 1.165) is 0 Å². The summed E-state index contributed by atoms with van der Waals surface area (Å²) in [6.07, 6.45) is -0.883. The van der Waals surface area contributed by atoms with Gasteiger partial charge in [0.2, 0.25) is 23.6 Å². The minimum absolute atomic E-state index is 0.208. The van der Waals surface area contributed by atoms with Crippen LogP contribution in [0, 0.1) is 0 Å². The number of hydrogen-bond donors (Lipinski definition) is 7. The number of carbonyl (C=O) groups excluding carboxylic acids is 4. The number of nitrogens with one attached hydrogen (secondary N) is 2. The molecule has 0 aromatic rings. The second-order valence-corrected chi connectivity index (χ2v) is 7.13. The number of carboxylic acids is 1. The van der Waals surface area contributed by atoms with Crippen molar-refractivity contribution in [2.24, 2.45) is 11.5 Å². The van der Waals surface area contributed by atoms with Crippen molar-refractivity contribution >= 4 is 42.2 Å². The van der Waals surface area contributed by atoms with Gasteiger partial charge in [0, 0.05) is 12.3 Å². The highest BCUT2D eigenvalue weighted by Crippen LogP contribution is 2.19. The van der Waals surface area contributed by atoms with Crippen LogP contribution in [-0.4, -0.2) is 87.3 Å². The molecule has 1 rings (SSSR count). The predicted octanol–water partition coefficient (Wildman–Crippen LogP) is -3.46. The first-order chi connectivity index (χ1) is 13.5. The number of aliphatic hydroxyl groups excluding tert-OH is 1. The first kappa shape index (κ1) is 24.7. The lowest BCUT2D eigenvalue weighted by molar-refractivity contribution is -0.143. The smallest absolute Gasteiger partial charge is 0.327 e. The Labute approximate surface area is 172 Å². The number of primary amides is 1. The second-order valence-electron chi connectivity index (χ2n) is 6.77. The Morgan fingerprint density at radius 2 is 1.83 bits per heavy atom. The van der Waals surface area contributed by atoms with Crippen molar-refractivity contribution in [3.63, 3.8) is 0 Å². The van der Waals surface area contributed by atoms with E-state index in [0.29, 0.717) is 12.8 Å². The number of nitrogens with zero attached hydrogens (tertiary/aromatic N) is 1. The summed E-state index contributed by atoms with van der Waals surface area (Å²) in [4.78, 5) is 61.0. The molecule has 0 saturated carbocycles. The van der Waals surface area contributed by atoms with Crippen LogP contribution >= 0.6 is 12.6 Å². The van der Waals surface area contributed by atoms with Crippen LogP contribution in [0.25, 0.3) is 0 Å². The van der Waals surface area contributed by atoms with Crippen LogP contribution in [0.4, 0.5) is 0 Å². The number of aliphatic hydroxyl groups is 1. The molecule has 5 atom stereocenters. The fourth-order valence-electron chi connectivity index (χ4n) is 2.84. The molecule has 1 fully saturated rings. The summed E-state index contributed by atoms with van der Waals surface area (Å²) in [6, 6.07) is -4.91. The lowest BCUT2D eigenvalue weighted by Gasteiger charge is -2.29. The molecule has 4 amide bonds. The van der Waals surface area contributed by atoms with Crippen molar-refractivity contribution < 1.29 is 34.2 Å². The summed E-state index contributed by atoms with van der Waals surface area (Å²) >= 11 is 3.83. The first-order valence-electron chi connectivity index (χ1n) is 8.96. The summed E-state index contributed by atoms with van der Waals surface area (Å²) in [6.45, 7) is 1.59. The van der Waals surface area contributed by atoms with Crippen LogP contribution in [-0.2, 0) is 24.0 Å². The zero-order valence-electron chi connectivity index (χ0n) is 15.9. The lowest BCUT2D eigenvalue weighted by Crippen LogP contribution is -2.58. The molecule has 13 heteroatoms. The van der Waals surface area contributed by atoms with Gasteiger partial charge in [0.15, 0.2) is 0 Å². The van der Waals surface area contributed by atoms with E-state index in [2.05, 4.69) is 23.3 Å². The number of rotatable bonds is 10. The van der Waals surface area contributed by atoms with Gasteiger partial charge in [0.1, 0.15) is 24.2 Å². The second kappa shape index (κ2) is 11.0. The topological polar surface area (TPSA) is 205 Å². The van der Waals surface area contributed by atoms with Crippen LogP contribution < -0.4 is 22.1 Å². The van der Waals surface area contributed by atoms with E-state index in [9.17, 15) is 29.1 Å². The van der Waals surface area contributed by atoms with Crippen molar-refractivity contribution in [2.45, 2.75) is 56.5 Å². The highest BCUT2D eigenvalue weighted by molar-refractivity contribution is 7.80. The minimum atomic E-state index is -1.43. The third kappa shape index (κ3) is 6.87. The Hall–Kier alpha value is -2.38. The molecule has 0 aliphatic carbocycles. The van der Waals surface area contributed by atoms with Crippen molar-refractivity contribution in [1.29, 1.82) is 0 Å². The SMILES string of the molecule is CC(O)C(N)C(=O)N1CCCC1C(=O)NC(CC(N)=O)C(=O)NC(CS)C(=O)O. The molecule has 12 nitrogen and oxygen atoms in total. The van der Waals surface area contributed by atoms with Gasteiger partial charge in [0.25, 0.3) is 0 Å². The van der Waals surface area contributed by atoms with E-state index in [4.69, 9.17) is 16.6 Å². The van der Waals surface area contributed by atoms with Gasteiger partial charge in [-0.2, -0.15) is 12.6 Å². The maximum absolute atomic E-state index is 12.7. The monoisotopic (exact) mass is 433 g/mol. The van der Waals surface area contributed by atoms with E-state index in [1.54, 1.807) is 0 Å². The summed E-state index contributed by atoms with van der Waals surface area (Å²) in [5.74, 6) is -4.69. The Kier molecular flexibility index (Phi) is 9.33. The molecule has 0 bridgehead atoms. The number of carboxylic acid groups (broad SMARTS) is 1. The lowest BCUT2D eigenvalue weighted by atomic mass is 10.1. The van der Waals surface area contributed by atoms with Gasteiger partial charge in [-0.1, -0.05) is 0 Å².